The zero-order valence-corrected chi connectivity index (χ0v) is 19.7. The number of halogens is 1. The summed E-state index contributed by atoms with van der Waals surface area (Å²) in [5.74, 6) is -1.20. The molecule has 0 saturated heterocycles. The number of hydrazone groups is 1. The number of ether oxygens (including phenoxy) is 3. The second kappa shape index (κ2) is 10.3. The van der Waals surface area contributed by atoms with Crippen molar-refractivity contribution in [1.29, 1.82) is 0 Å². The van der Waals surface area contributed by atoms with Crippen LogP contribution in [0.25, 0.3) is 6.08 Å². The van der Waals surface area contributed by atoms with Crippen molar-refractivity contribution in [2.75, 3.05) is 25.3 Å². The van der Waals surface area contributed by atoms with Gasteiger partial charge in [0.1, 0.15) is 0 Å². The standard InChI is InChI=1S/C23H21BrN2O7/c1-4-32-21(27)12-33-20-11-18(24)15(10-19(20)31-3)9-17-13(2)25-26(22(17)28)16-7-5-14(6-8-16)23(29)30/h5-11H,4,12H2,1-3H3,(H,29,30)/b17-9-. The Kier molecular flexibility index (Phi) is 7.49. The zero-order chi connectivity index (χ0) is 24.1. The Morgan fingerprint density at radius 1 is 1.18 bits per heavy atom. The fourth-order valence-electron chi connectivity index (χ4n) is 3.03. The van der Waals surface area contributed by atoms with Crippen molar-refractivity contribution in [3.63, 3.8) is 0 Å². The first-order valence-corrected chi connectivity index (χ1v) is 10.7. The van der Waals surface area contributed by atoms with Crippen LogP contribution < -0.4 is 14.5 Å². The number of aromatic carboxylic acids is 1. The molecule has 2 aromatic carbocycles. The van der Waals surface area contributed by atoms with E-state index in [-0.39, 0.29) is 24.7 Å². The van der Waals surface area contributed by atoms with Crippen LogP contribution >= 0.6 is 15.9 Å². The number of carbonyl (C=O) groups excluding carboxylic acids is 2. The SMILES string of the molecule is CCOC(=O)COc1cc(Br)c(/C=C2\C(=O)N(c3ccc(C(=O)O)cc3)N=C2C)cc1OC. The Hall–Kier alpha value is -3.66. The number of amides is 1. The quantitative estimate of drug-likeness (QED) is 0.417. The van der Waals surface area contributed by atoms with Crippen LogP contribution in [0.4, 0.5) is 5.69 Å². The number of esters is 1. The zero-order valence-electron chi connectivity index (χ0n) is 18.1. The molecule has 0 aromatic heterocycles. The molecule has 0 saturated carbocycles. The van der Waals surface area contributed by atoms with E-state index >= 15 is 0 Å². The van der Waals surface area contributed by atoms with E-state index in [0.717, 1.165) is 0 Å². The summed E-state index contributed by atoms with van der Waals surface area (Å²) < 4.78 is 16.3. The van der Waals surface area contributed by atoms with Crippen LogP contribution in [0.1, 0.15) is 29.8 Å². The minimum atomic E-state index is -1.05. The molecule has 33 heavy (non-hydrogen) atoms. The van der Waals surface area contributed by atoms with Gasteiger partial charge < -0.3 is 19.3 Å². The van der Waals surface area contributed by atoms with E-state index in [1.54, 1.807) is 32.1 Å². The average molecular weight is 517 g/mol. The smallest absolute Gasteiger partial charge is 0.344 e. The lowest BCUT2D eigenvalue weighted by Crippen LogP contribution is -2.21. The highest BCUT2D eigenvalue weighted by molar-refractivity contribution is 9.10. The molecule has 172 valence electrons. The second-order valence-corrected chi connectivity index (χ2v) is 7.69. The fourth-order valence-corrected chi connectivity index (χ4v) is 3.47. The van der Waals surface area contributed by atoms with Crippen molar-refractivity contribution in [3.8, 4) is 11.5 Å². The highest BCUT2D eigenvalue weighted by atomic mass is 79.9. The van der Waals surface area contributed by atoms with Gasteiger partial charge in [-0.15, -0.1) is 0 Å². The van der Waals surface area contributed by atoms with Gasteiger partial charge in [-0.2, -0.15) is 10.1 Å². The lowest BCUT2D eigenvalue weighted by molar-refractivity contribution is -0.145. The third kappa shape index (κ3) is 5.40. The van der Waals surface area contributed by atoms with Crippen LogP contribution in [0.2, 0.25) is 0 Å². The van der Waals surface area contributed by atoms with Crippen molar-refractivity contribution >= 4 is 51.3 Å². The van der Waals surface area contributed by atoms with Crippen LogP contribution in [-0.2, 0) is 14.3 Å². The molecule has 1 amide bonds. The van der Waals surface area contributed by atoms with Crippen molar-refractivity contribution in [2.24, 2.45) is 5.10 Å². The lowest BCUT2D eigenvalue weighted by atomic mass is 10.1. The normalized spacial score (nSPS) is 14.3. The molecule has 0 aliphatic carbocycles. The molecule has 0 bridgehead atoms. The molecule has 1 aliphatic rings. The van der Waals surface area contributed by atoms with E-state index in [4.69, 9.17) is 19.3 Å². The molecule has 0 spiro atoms. The van der Waals surface area contributed by atoms with Crippen molar-refractivity contribution in [2.45, 2.75) is 13.8 Å². The number of carboxylic acids is 1. The molecule has 0 radical (unpaired) electrons. The summed E-state index contributed by atoms with van der Waals surface area (Å²) in [4.78, 5) is 35.6. The highest BCUT2D eigenvalue weighted by Gasteiger charge is 2.29. The Morgan fingerprint density at radius 3 is 2.48 bits per heavy atom. The van der Waals surface area contributed by atoms with Crippen LogP contribution in [0.15, 0.2) is 51.5 Å². The van der Waals surface area contributed by atoms with E-state index in [1.165, 1.54) is 36.4 Å². The van der Waals surface area contributed by atoms with Crippen molar-refractivity contribution < 1.29 is 33.7 Å². The monoisotopic (exact) mass is 516 g/mol. The molecule has 9 nitrogen and oxygen atoms in total. The molecule has 10 heteroatoms. The maximum absolute atomic E-state index is 13.0. The number of anilines is 1. The van der Waals surface area contributed by atoms with Gasteiger partial charge in [-0.1, -0.05) is 15.9 Å². The molecular formula is C23H21BrN2O7. The van der Waals surface area contributed by atoms with Crippen LogP contribution in [-0.4, -0.2) is 49.0 Å². The summed E-state index contributed by atoms with van der Waals surface area (Å²) in [5, 5.41) is 14.6. The molecule has 0 atom stereocenters. The Balaban J connectivity index is 1.86. The van der Waals surface area contributed by atoms with E-state index in [0.29, 0.717) is 38.5 Å². The maximum atomic E-state index is 13.0. The first kappa shape index (κ1) is 24.0. The number of carboxylic acid groups (broad SMARTS) is 1. The molecule has 1 heterocycles. The predicted octanol–water partition coefficient (Wildman–Crippen LogP) is 3.90. The van der Waals surface area contributed by atoms with Crippen LogP contribution in [0.5, 0.6) is 11.5 Å². The number of nitrogens with zero attached hydrogens (tertiary/aromatic N) is 2. The third-order valence-corrected chi connectivity index (χ3v) is 5.34. The fraction of sp³-hybridized carbons (Fsp3) is 0.217. The number of hydrogen-bond donors (Lipinski definition) is 1. The number of carbonyl (C=O) groups is 3. The Labute approximate surface area is 198 Å². The topological polar surface area (TPSA) is 115 Å². The van der Waals surface area contributed by atoms with Gasteiger partial charge in [-0.25, -0.2) is 9.59 Å². The largest absolute Gasteiger partial charge is 0.493 e. The van der Waals surface area contributed by atoms with Gasteiger partial charge in [0, 0.05) is 4.47 Å². The van der Waals surface area contributed by atoms with Gasteiger partial charge >= 0.3 is 11.9 Å². The summed E-state index contributed by atoms with van der Waals surface area (Å²) >= 11 is 3.46. The molecular weight excluding hydrogens is 496 g/mol. The third-order valence-electron chi connectivity index (χ3n) is 4.66. The summed E-state index contributed by atoms with van der Waals surface area (Å²) in [6.07, 6.45) is 1.66. The van der Waals surface area contributed by atoms with Crippen LogP contribution in [0, 0.1) is 0 Å². The van der Waals surface area contributed by atoms with E-state index < -0.39 is 11.9 Å². The minimum Gasteiger partial charge on any atom is -0.493 e. The molecule has 3 rings (SSSR count). The lowest BCUT2D eigenvalue weighted by Gasteiger charge is -2.13. The van der Waals surface area contributed by atoms with Gasteiger partial charge in [0.2, 0.25) is 0 Å². The van der Waals surface area contributed by atoms with Crippen molar-refractivity contribution in [3.05, 3.63) is 57.6 Å². The predicted molar refractivity (Wildman–Crippen MR) is 125 cm³/mol. The van der Waals surface area contributed by atoms with Gasteiger partial charge in [-0.05, 0) is 61.9 Å². The first-order chi connectivity index (χ1) is 15.7. The number of hydrogen-bond acceptors (Lipinski definition) is 7. The summed E-state index contributed by atoms with van der Waals surface area (Å²) in [6, 6.07) is 9.18. The number of methoxy groups -OCH3 is 1. The number of benzene rings is 2. The molecule has 1 aliphatic heterocycles. The maximum Gasteiger partial charge on any atom is 0.344 e. The van der Waals surface area contributed by atoms with Crippen molar-refractivity contribution in [1.82, 2.24) is 0 Å². The van der Waals surface area contributed by atoms with Crippen LogP contribution in [0.3, 0.4) is 0 Å². The number of rotatable bonds is 8. The summed E-state index contributed by atoms with van der Waals surface area (Å²) in [5.41, 5.74) is 2.06. The molecule has 0 fully saturated rings. The molecule has 1 N–H and O–H groups in total. The van der Waals surface area contributed by atoms with E-state index in [1.807, 2.05) is 0 Å². The summed E-state index contributed by atoms with van der Waals surface area (Å²) in [7, 11) is 1.47. The van der Waals surface area contributed by atoms with Gasteiger partial charge in [0.15, 0.2) is 18.1 Å². The van der Waals surface area contributed by atoms with Gasteiger partial charge in [0.25, 0.3) is 5.91 Å². The Bertz CT molecular complexity index is 1160. The first-order valence-electron chi connectivity index (χ1n) is 9.86. The average Bonchev–Trinajstić information content (AvgIpc) is 3.07. The molecule has 2 aromatic rings. The minimum absolute atomic E-state index is 0.114. The van der Waals surface area contributed by atoms with Gasteiger partial charge in [0.05, 0.1) is 36.3 Å². The summed E-state index contributed by atoms with van der Waals surface area (Å²) in [6.45, 7) is 3.40. The van der Waals surface area contributed by atoms with Gasteiger partial charge in [-0.3, -0.25) is 4.79 Å². The van der Waals surface area contributed by atoms with E-state index in [2.05, 4.69) is 21.0 Å². The molecule has 0 unspecified atom stereocenters. The van der Waals surface area contributed by atoms with E-state index in [9.17, 15) is 14.4 Å². The highest BCUT2D eigenvalue weighted by Crippen LogP contribution is 2.35. The second-order valence-electron chi connectivity index (χ2n) is 6.83. The Morgan fingerprint density at radius 2 is 1.88 bits per heavy atom.